The zero-order chi connectivity index (χ0) is 40.7. The molecule has 1 aromatic carbocycles. The van der Waals surface area contributed by atoms with Gasteiger partial charge in [0.05, 0.1) is 53.4 Å². The minimum Gasteiger partial charge on any atom is -0.374 e. The van der Waals surface area contributed by atoms with E-state index in [1.807, 2.05) is 24.3 Å². The number of hydrogen-bond donors (Lipinski definition) is 2. The van der Waals surface area contributed by atoms with Crippen molar-refractivity contribution < 1.29 is 27.9 Å². The molecule has 2 N–H and O–H groups in total. The zero-order valence-corrected chi connectivity index (χ0v) is 32.8. The Balaban J connectivity index is 0.758. The van der Waals surface area contributed by atoms with E-state index in [0.29, 0.717) is 29.7 Å². The fourth-order valence-electron chi connectivity index (χ4n) is 9.88. The first-order chi connectivity index (χ1) is 28.5. The number of ether oxygens (including phenoxy) is 1. The number of aromatic nitrogens is 7. The highest BCUT2D eigenvalue weighted by atomic mass is 19.3. The smallest absolute Gasteiger partial charge is 0.329 e. The third-order valence-corrected chi connectivity index (χ3v) is 13.2. The fraction of sp³-hybridized carbons (Fsp3) is 0.525. The molecule has 8 heterocycles. The van der Waals surface area contributed by atoms with Crippen LogP contribution in [0.25, 0.3) is 16.7 Å². The summed E-state index contributed by atoms with van der Waals surface area (Å²) < 4.78 is 40.5. The van der Waals surface area contributed by atoms with Gasteiger partial charge in [-0.15, -0.1) is 0 Å². The lowest BCUT2D eigenvalue weighted by Gasteiger charge is -2.46. The van der Waals surface area contributed by atoms with E-state index < -0.39 is 30.0 Å². The summed E-state index contributed by atoms with van der Waals surface area (Å²) in [6.45, 7) is 3.82. The second-order valence-corrected chi connectivity index (χ2v) is 16.8. The van der Waals surface area contributed by atoms with Gasteiger partial charge in [0.2, 0.25) is 11.8 Å². The number of benzene rings is 1. The van der Waals surface area contributed by atoms with E-state index in [1.165, 1.54) is 21.5 Å². The van der Waals surface area contributed by atoms with Crippen LogP contribution in [0.3, 0.4) is 0 Å². The summed E-state index contributed by atoms with van der Waals surface area (Å²) in [4.78, 5) is 63.0. The Morgan fingerprint density at radius 1 is 1.07 bits per heavy atom. The zero-order valence-electron chi connectivity index (χ0n) is 32.8. The monoisotopic (exact) mass is 812 g/mol. The molecule has 3 atom stereocenters. The second-order valence-electron chi connectivity index (χ2n) is 16.8. The van der Waals surface area contributed by atoms with Gasteiger partial charge < -0.3 is 19.9 Å². The van der Waals surface area contributed by atoms with Gasteiger partial charge in [-0.05, 0) is 69.7 Å². The topological polar surface area (TPSA) is 169 Å². The Bertz CT molecular complexity index is 2530. The molecule has 10 rings (SSSR count). The average molecular weight is 813 g/mol. The van der Waals surface area contributed by atoms with Gasteiger partial charge in [0.15, 0.2) is 11.3 Å². The number of morpholine rings is 1. The number of carbonyl (C=O) groups is 3. The Morgan fingerprint density at radius 2 is 1.88 bits per heavy atom. The molecule has 1 aliphatic carbocycles. The summed E-state index contributed by atoms with van der Waals surface area (Å²) in [6, 6.07) is 7.35. The number of nitrogens with zero attached hydrogens (tertiary/aromatic N) is 10. The maximum Gasteiger partial charge on any atom is 0.329 e. The van der Waals surface area contributed by atoms with Crippen LogP contribution in [-0.2, 0) is 21.4 Å². The van der Waals surface area contributed by atoms with Gasteiger partial charge in [-0.3, -0.25) is 38.4 Å². The first-order valence-corrected chi connectivity index (χ1v) is 20.4. The van der Waals surface area contributed by atoms with Crippen molar-refractivity contribution in [1.29, 1.82) is 0 Å². The number of carbonyl (C=O) groups excluding carboxylic acids is 3. The first kappa shape index (κ1) is 37.6. The fourth-order valence-corrected chi connectivity index (χ4v) is 9.88. The van der Waals surface area contributed by atoms with Crippen LogP contribution in [0.2, 0.25) is 0 Å². The molecule has 5 aromatic rings. The van der Waals surface area contributed by atoms with E-state index in [0.717, 1.165) is 75.3 Å². The van der Waals surface area contributed by atoms with Crippen LogP contribution in [-0.4, -0.2) is 114 Å². The molecule has 1 saturated carbocycles. The molecule has 5 fully saturated rings. The molecule has 4 aromatic heterocycles. The third kappa shape index (κ3) is 6.54. The number of imidazole rings is 1. The van der Waals surface area contributed by atoms with Gasteiger partial charge in [0.1, 0.15) is 17.4 Å². The Kier molecular flexibility index (Phi) is 9.26. The lowest BCUT2D eigenvalue weighted by atomic mass is 9.85. The lowest BCUT2D eigenvalue weighted by molar-refractivity contribution is -0.135. The summed E-state index contributed by atoms with van der Waals surface area (Å²) in [5, 5.41) is 13.6. The maximum atomic E-state index is 14.3. The second kappa shape index (κ2) is 14.5. The number of halogens is 2. The van der Waals surface area contributed by atoms with E-state index in [9.17, 15) is 28.0 Å². The van der Waals surface area contributed by atoms with E-state index in [4.69, 9.17) is 9.72 Å². The van der Waals surface area contributed by atoms with E-state index in [1.54, 1.807) is 22.5 Å². The van der Waals surface area contributed by atoms with E-state index in [2.05, 4.69) is 42.6 Å². The van der Waals surface area contributed by atoms with Crippen LogP contribution in [0, 0.1) is 5.92 Å². The van der Waals surface area contributed by atoms with Crippen molar-refractivity contribution in [2.24, 2.45) is 13.0 Å². The number of anilines is 3. The molecule has 4 aliphatic heterocycles. The SMILES string of the molecule is CN(CC1CCC(n2cc(NC(=O)c3cnn4ccc(N5C[C@H]6C[C@@H]5CO6)nc34)c(C(F)F)n2)CC1)C1CN(c2cccc3c2n(C)c(=O)n3C2CCC(=O)NC2=O)C1. The molecule has 1 unspecified atom stereocenters. The molecular formula is C40H46F2N12O5. The lowest BCUT2D eigenvalue weighted by Crippen LogP contribution is -2.59. The summed E-state index contributed by atoms with van der Waals surface area (Å²) in [6.07, 6.45) is 6.76. The van der Waals surface area contributed by atoms with Gasteiger partial charge in [0, 0.05) is 58.1 Å². The third-order valence-electron chi connectivity index (χ3n) is 13.2. The average Bonchev–Trinajstić information content (AvgIpc) is 4.05. The molecule has 5 aliphatic rings. The quantitative estimate of drug-likeness (QED) is 0.199. The number of nitrogens with one attached hydrogen (secondary N) is 2. The van der Waals surface area contributed by atoms with Crippen LogP contribution in [0.15, 0.2) is 47.7 Å². The number of likely N-dealkylation sites (N-methyl/N-ethyl adjacent to an activating group) is 1. The highest BCUT2D eigenvalue weighted by Gasteiger charge is 2.40. The van der Waals surface area contributed by atoms with Crippen molar-refractivity contribution in [2.75, 3.05) is 55.0 Å². The number of rotatable bonds is 10. The minimum absolute atomic E-state index is 0.0193. The molecule has 0 spiro atoms. The molecule has 17 nitrogen and oxygen atoms in total. The molecule has 4 saturated heterocycles. The molecule has 3 amide bonds. The Hall–Kier alpha value is -5.69. The molecule has 2 bridgehead atoms. The Morgan fingerprint density at radius 3 is 2.61 bits per heavy atom. The normalized spacial score (nSPS) is 24.9. The van der Waals surface area contributed by atoms with Crippen LogP contribution in [0.4, 0.5) is 26.0 Å². The number of alkyl halides is 2. The number of piperidine rings is 1. The molecule has 59 heavy (non-hydrogen) atoms. The van der Waals surface area contributed by atoms with Crippen molar-refractivity contribution in [3.63, 3.8) is 0 Å². The van der Waals surface area contributed by atoms with Crippen molar-refractivity contribution in [3.8, 4) is 0 Å². The van der Waals surface area contributed by atoms with Crippen LogP contribution >= 0.6 is 0 Å². The van der Waals surface area contributed by atoms with Crippen LogP contribution in [0.5, 0.6) is 0 Å². The largest absolute Gasteiger partial charge is 0.374 e. The van der Waals surface area contributed by atoms with Crippen molar-refractivity contribution in [3.05, 3.63) is 64.6 Å². The van der Waals surface area contributed by atoms with Gasteiger partial charge >= 0.3 is 5.69 Å². The molecule has 0 radical (unpaired) electrons. The minimum atomic E-state index is -2.87. The summed E-state index contributed by atoms with van der Waals surface area (Å²) >= 11 is 0. The van der Waals surface area contributed by atoms with Crippen molar-refractivity contribution in [1.82, 2.24) is 43.7 Å². The number of amides is 3. The number of imide groups is 1. The summed E-state index contributed by atoms with van der Waals surface area (Å²) in [7, 11) is 3.85. The van der Waals surface area contributed by atoms with Gasteiger partial charge in [-0.25, -0.2) is 23.1 Å². The van der Waals surface area contributed by atoms with E-state index in [-0.39, 0.29) is 53.9 Å². The van der Waals surface area contributed by atoms with Crippen LogP contribution in [0.1, 0.15) is 79.5 Å². The molecular weight excluding hydrogens is 767 g/mol. The highest BCUT2D eigenvalue weighted by Crippen LogP contribution is 2.38. The standard InChI is InChI=1S/C40H46F2N12O5/c1-48(25-17-50(18-25)29-4-3-5-30-35(29)49(2)40(58)54(30)31-10-11-33(55)46-39(31)57)16-22-6-8-23(9-7-22)53-20-28(34(47-53)36(41)42)44-38(56)27-15-43-52-13-12-32(45-37(27)52)51-19-26-14-24(51)21-59-26/h3-5,12-13,15,20,22-26,31,36H,6-11,14,16-19,21H2,1-2H3,(H,44,56)(H,46,55,57)/t22?,23?,24-,26-,31?/m1/s1. The number of aryl methyl sites for hydroxylation is 1. The van der Waals surface area contributed by atoms with E-state index >= 15 is 0 Å². The number of hydrogen-bond acceptors (Lipinski definition) is 11. The predicted octanol–water partition coefficient (Wildman–Crippen LogP) is 3.28. The maximum absolute atomic E-state index is 14.3. The van der Waals surface area contributed by atoms with Crippen molar-refractivity contribution in [2.45, 2.75) is 81.6 Å². The molecule has 310 valence electrons. The first-order valence-electron chi connectivity index (χ1n) is 20.4. The van der Waals surface area contributed by atoms with Gasteiger partial charge in [-0.1, -0.05) is 6.07 Å². The van der Waals surface area contributed by atoms with Crippen molar-refractivity contribution >= 4 is 51.6 Å². The number of para-hydroxylation sites is 1. The predicted molar refractivity (Wildman–Crippen MR) is 212 cm³/mol. The summed E-state index contributed by atoms with van der Waals surface area (Å²) in [5.41, 5.74) is 2.13. The highest BCUT2D eigenvalue weighted by molar-refractivity contribution is 6.08. The summed E-state index contributed by atoms with van der Waals surface area (Å²) in [5.74, 6) is -0.202. The van der Waals surface area contributed by atoms with Crippen LogP contribution < -0.4 is 26.1 Å². The number of fused-ring (bicyclic) bond motifs is 4. The van der Waals surface area contributed by atoms with Gasteiger partial charge in [-0.2, -0.15) is 10.2 Å². The Labute approximate surface area is 336 Å². The molecule has 19 heteroatoms. The van der Waals surface area contributed by atoms with Gasteiger partial charge in [0.25, 0.3) is 12.3 Å².